The van der Waals surface area contributed by atoms with Crippen molar-refractivity contribution in [2.75, 3.05) is 33.3 Å². The molecule has 7 aliphatic rings. The Kier molecular flexibility index (Phi) is 7.88. The average Bonchev–Trinajstić information content (AvgIpc) is 3.63. The minimum atomic E-state index is -0.487. The quantitative estimate of drug-likeness (QED) is 0.426. The number of ether oxygens (including phenoxy) is 3. The molecular weight excluding hydrogens is 580 g/mol. The molecule has 2 aliphatic heterocycles. The van der Waals surface area contributed by atoms with E-state index in [1.807, 2.05) is 25.8 Å². The molecule has 8 nitrogen and oxygen atoms in total. The first-order chi connectivity index (χ1) is 21.5. The van der Waals surface area contributed by atoms with Gasteiger partial charge in [-0.2, -0.15) is 0 Å². The van der Waals surface area contributed by atoms with Crippen molar-refractivity contribution in [2.45, 2.75) is 137 Å². The van der Waals surface area contributed by atoms with Crippen LogP contribution in [-0.4, -0.2) is 90.7 Å². The number of morpholine rings is 1. The molecule has 46 heavy (non-hydrogen) atoms. The summed E-state index contributed by atoms with van der Waals surface area (Å²) in [4.78, 5) is 28.5. The van der Waals surface area contributed by atoms with E-state index in [0.717, 1.165) is 25.7 Å². The molecule has 2 saturated heterocycles. The number of carbonyl (C=O) groups excluding carboxylic acids is 2. The van der Waals surface area contributed by atoms with E-state index in [0.29, 0.717) is 60.7 Å². The Balaban J connectivity index is 1.10. The van der Waals surface area contributed by atoms with Gasteiger partial charge < -0.3 is 29.1 Å². The Morgan fingerprint density at radius 1 is 1.04 bits per heavy atom. The zero-order valence-corrected chi connectivity index (χ0v) is 30.1. The van der Waals surface area contributed by atoms with Gasteiger partial charge in [0.1, 0.15) is 0 Å². The van der Waals surface area contributed by atoms with Gasteiger partial charge >= 0.3 is 0 Å². The molecule has 13 atom stereocenters. The molecule has 5 saturated carbocycles. The number of nitrogens with zero attached hydrogens (tertiary/aromatic N) is 2. The Bertz CT molecular complexity index is 1240. The van der Waals surface area contributed by atoms with Crippen molar-refractivity contribution < 1.29 is 28.9 Å². The van der Waals surface area contributed by atoms with Crippen LogP contribution in [0.3, 0.4) is 0 Å². The first kappa shape index (κ1) is 33.3. The summed E-state index contributed by atoms with van der Waals surface area (Å²) in [6.07, 6.45) is 8.30. The molecule has 0 radical (unpaired) electrons. The standard InChI is InChI=1S/C38H62N2O6/c1-22(2)33(43)40-16-17-44-29(20-40)46-28-12-13-37-21-38(37)15-14-35(7)30-23(3)18-25(19-39(9)24(4)41)45-31(30)32(42)36(35,8)27(38)11-10-26(37)34(28,5)6/h22-23,25-32,42H,10-21H2,1-9H3/t23?,25?,26-,27-,28?,29-,30?,31?,32-,35+,36+,37+,38-/m0/s1. The molecule has 0 aromatic heterocycles. The van der Waals surface area contributed by atoms with Crippen LogP contribution in [-0.2, 0) is 23.8 Å². The van der Waals surface area contributed by atoms with Gasteiger partial charge in [0.15, 0.2) is 6.29 Å². The monoisotopic (exact) mass is 642 g/mol. The van der Waals surface area contributed by atoms with Gasteiger partial charge in [-0.05, 0) is 96.7 Å². The number of hydrogen-bond acceptors (Lipinski definition) is 6. The summed E-state index contributed by atoms with van der Waals surface area (Å²) in [7, 11) is 1.86. The third-order valence-corrected chi connectivity index (χ3v) is 16.0. The van der Waals surface area contributed by atoms with Crippen LogP contribution in [0.4, 0.5) is 0 Å². The molecule has 5 aliphatic carbocycles. The lowest BCUT2D eigenvalue weighted by Gasteiger charge is -2.64. The van der Waals surface area contributed by atoms with E-state index in [-0.39, 0.29) is 58.6 Å². The van der Waals surface area contributed by atoms with Crippen LogP contribution in [0.5, 0.6) is 0 Å². The van der Waals surface area contributed by atoms with Crippen LogP contribution in [0.15, 0.2) is 0 Å². The zero-order chi connectivity index (χ0) is 33.2. The van der Waals surface area contributed by atoms with Gasteiger partial charge in [0.25, 0.3) is 0 Å². The summed E-state index contributed by atoms with van der Waals surface area (Å²) >= 11 is 0. The molecule has 0 aromatic rings. The third-order valence-electron chi connectivity index (χ3n) is 16.0. The Morgan fingerprint density at radius 2 is 1.74 bits per heavy atom. The second kappa shape index (κ2) is 10.9. The molecule has 0 aromatic carbocycles. The van der Waals surface area contributed by atoms with Crippen LogP contribution in [0.25, 0.3) is 0 Å². The fourth-order valence-corrected chi connectivity index (χ4v) is 13.6. The number of likely N-dealkylation sites (N-methyl/N-ethyl adjacent to an activating group) is 1. The number of aliphatic hydroxyl groups is 1. The van der Waals surface area contributed by atoms with Crippen LogP contribution in [0.1, 0.15) is 107 Å². The van der Waals surface area contributed by atoms with Crippen molar-refractivity contribution >= 4 is 11.8 Å². The van der Waals surface area contributed by atoms with Crippen LogP contribution < -0.4 is 0 Å². The topological polar surface area (TPSA) is 88.5 Å². The summed E-state index contributed by atoms with van der Waals surface area (Å²) in [6, 6.07) is 0. The molecule has 260 valence electrons. The second-order valence-corrected chi connectivity index (χ2v) is 18.4. The minimum absolute atomic E-state index is 0.0118. The third kappa shape index (κ3) is 4.37. The SMILES string of the molecule is CC(=O)N(C)CC1CC(C)C2C(O1)[C@H](O)[C@@]1(C)[C@@H]3CC[C@H]4C(C)(C)C(O[C@H]5CN(C(=O)C(C)C)CCO5)CC[C@@]45C[C@@]35CC[C@]21C. The van der Waals surface area contributed by atoms with E-state index >= 15 is 0 Å². The molecule has 2 heterocycles. The highest BCUT2D eigenvalue weighted by molar-refractivity contribution is 5.78. The number of fused-ring (bicyclic) bond motifs is 4. The van der Waals surface area contributed by atoms with Gasteiger partial charge in [-0.15, -0.1) is 0 Å². The highest BCUT2D eigenvalue weighted by Gasteiger charge is 2.84. The van der Waals surface area contributed by atoms with Gasteiger partial charge in [-0.3, -0.25) is 9.59 Å². The molecule has 7 fully saturated rings. The van der Waals surface area contributed by atoms with Crippen molar-refractivity contribution in [1.82, 2.24) is 9.80 Å². The average molecular weight is 643 g/mol. The van der Waals surface area contributed by atoms with Crippen molar-refractivity contribution in [3.63, 3.8) is 0 Å². The molecule has 5 unspecified atom stereocenters. The van der Waals surface area contributed by atoms with Crippen molar-refractivity contribution in [1.29, 1.82) is 0 Å². The summed E-state index contributed by atoms with van der Waals surface area (Å²) in [5.74, 6) is 2.10. The zero-order valence-electron chi connectivity index (χ0n) is 30.1. The van der Waals surface area contributed by atoms with Crippen LogP contribution in [0.2, 0.25) is 0 Å². The molecule has 7 rings (SSSR count). The molecule has 2 spiro atoms. The fourth-order valence-electron chi connectivity index (χ4n) is 13.6. The lowest BCUT2D eigenvalue weighted by molar-refractivity contribution is -0.248. The summed E-state index contributed by atoms with van der Waals surface area (Å²) in [5.41, 5.74) is 0.472. The molecule has 8 heteroatoms. The lowest BCUT2D eigenvalue weighted by atomic mass is 9.41. The van der Waals surface area contributed by atoms with Gasteiger partial charge in [0.2, 0.25) is 11.8 Å². The van der Waals surface area contributed by atoms with Gasteiger partial charge in [-0.25, -0.2) is 0 Å². The van der Waals surface area contributed by atoms with Crippen molar-refractivity contribution in [3.8, 4) is 0 Å². The van der Waals surface area contributed by atoms with Gasteiger partial charge in [-0.1, -0.05) is 48.5 Å². The smallest absolute Gasteiger partial charge is 0.225 e. The van der Waals surface area contributed by atoms with E-state index in [1.165, 1.54) is 25.7 Å². The summed E-state index contributed by atoms with van der Waals surface area (Å²) in [6.45, 7) is 20.1. The highest BCUT2D eigenvalue weighted by Crippen LogP contribution is 2.89. The predicted octanol–water partition coefficient (Wildman–Crippen LogP) is 5.50. The first-order valence-electron chi connectivity index (χ1n) is 18.6. The predicted molar refractivity (Wildman–Crippen MR) is 175 cm³/mol. The first-order valence-corrected chi connectivity index (χ1v) is 18.6. The van der Waals surface area contributed by atoms with E-state index in [9.17, 15) is 14.7 Å². The highest BCUT2D eigenvalue weighted by atomic mass is 16.7. The van der Waals surface area contributed by atoms with Crippen molar-refractivity contribution in [2.24, 2.45) is 56.7 Å². The van der Waals surface area contributed by atoms with E-state index in [2.05, 4.69) is 34.6 Å². The van der Waals surface area contributed by atoms with E-state index in [1.54, 1.807) is 11.8 Å². The number of rotatable bonds is 5. The van der Waals surface area contributed by atoms with Crippen LogP contribution in [0, 0.1) is 56.7 Å². The molecular formula is C38H62N2O6. The summed E-state index contributed by atoms with van der Waals surface area (Å²) < 4.78 is 19.7. The largest absolute Gasteiger partial charge is 0.390 e. The second-order valence-electron chi connectivity index (χ2n) is 18.4. The fraction of sp³-hybridized carbons (Fsp3) is 0.947. The number of hydrogen-bond donors (Lipinski definition) is 1. The maximum Gasteiger partial charge on any atom is 0.225 e. The van der Waals surface area contributed by atoms with E-state index in [4.69, 9.17) is 14.2 Å². The van der Waals surface area contributed by atoms with Crippen molar-refractivity contribution in [3.05, 3.63) is 0 Å². The molecule has 2 amide bonds. The minimum Gasteiger partial charge on any atom is -0.390 e. The molecule has 0 bridgehead atoms. The molecule has 1 N–H and O–H groups in total. The number of aliphatic hydroxyl groups excluding tert-OH is 1. The van der Waals surface area contributed by atoms with Gasteiger partial charge in [0.05, 0.1) is 37.6 Å². The summed E-state index contributed by atoms with van der Waals surface area (Å²) in [5, 5.41) is 12.4. The Labute approximate surface area is 277 Å². The maximum atomic E-state index is 12.7. The van der Waals surface area contributed by atoms with Gasteiger partial charge in [0, 0.05) is 38.4 Å². The lowest BCUT2D eigenvalue weighted by Crippen LogP contribution is -2.60. The Hall–Kier alpha value is -1.22. The number of amides is 2. The normalized spacial score (nSPS) is 50.5. The number of carbonyl (C=O) groups is 2. The van der Waals surface area contributed by atoms with E-state index < -0.39 is 6.10 Å². The maximum absolute atomic E-state index is 12.7. The van der Waals surface area contributed by atoms with Crippen LogP contribution >= 0.6 is 0 Å². The Morgan fingerprint density at radius 3 is 2.43 bits per heavy atom.